The molecule has 0 aliphatic carbocycles. The van der Waals surface area contributed by atoms with E-state index in [-0.39, 0.29) is 11.8 Å². The minimum Gasteiger partial charge on any atom is -0.455 e. The quantitative estimate of drug-likeness (QED) is 0.400. The van der Waals surface area contributed by atoms with Gasteiger partial charge in [0.1, 0.15) is 24.4 Å². The Bertz CT molecular complexity index is 554. The Kier molecular flexibility index (Phi) is 4.27. The summed E-state index contributed by atoms with van der Waals surface area (Å²) in [7, 11) is 0. The molecular formula is C12H15NO8. The van der Waals surface area contributed by atoms with E-state index >= 15 is 0 Å². The fourth-order valence-electron chi connectivity index (χ4n) is 1.94. The fourth-order valence-corrected chi connectivity index (χ4v) is 1.94. The van der Waals surface area contributed by atoms with Crippen molar-refractivity contribution in [2.45, 2.75) is 30.7 Å². The number of ether oxygens (including phenoxy) is 2. The Hall–Kier alpha value is -1.78. The van der Waals surface area contributed by atoms with Crippen molar-refractivity contribution in [2.75, 3.05) is 6.61 Å². The summed E-state index contributed by atoms with van der Waals surface area (Å²) in [6.45, 7) is -0.640. The standard InChI is InChI=1S/C12H15NO8/c14-5-8-9(15)10(16)11(17)12(21-8)20-7-4-2-1-3-6(7)13(18)19/h1-4,8-12,14-17H,5H2/t8-,9+,10+,11-,12?/m1/s1/i1D. The molecule has 0 aromatic heterocycles. The Morgan fingerprint density at radius 3 is 2.67 bits per heavy atom. The van der Waals surface area contributed by atoms with Gasteiger partial charge in [0.15, 0.2) is 5.75 Å². The first-order chi connectivity index (χ1) is 10.3. The number of nitrogens with zero attached hydrogens (tertiary/aromatic N) is 1. The lowest BCUT2D eigenvalue weighted by Gasteiger charge is -2.39. The maximum absolute atomic E-state index is 10.9. The van der Waals surface area contributed by atoms with Gasteiger partial charge in [0.05, 0.1) is 12.9 Å². The summed E-state index contributed by atoms with van der Waals surface area (Å²) in [5.41, 5.74) is -0.510. The molecule has 21 heavy (non-hydrogen) atoms. The number of hydrogen-bond acceptors (Lipinski definition) is 8. The van der Waals surface area contributed by atoms with Gasteiger partial charge in [-0.15, -0.1) is 0 Å². The fraction of sp³-hybridized carbons (Fsp3) is 0.500. The second kappa shape index (κ2) is 6.33. The van der Waals surface area contributed by atoms with Gasteiger partial charge in [0, 0.05) is 6.07 Å². The topological polar surface area (TPSA) is 143 Å². The average Bonchev–Trinajstić information content (AvgIpc) is 2.49. The Morgan fingerprint density at radius 2 is 2.05 bits per heavy atom. The van der Waals surface area contributed by atoms with Crippen LogP contribution in [0.1, 0.15) is 1.37 Å². The molecule has 9 heteroatoms. The molecule has 1 fully saturated rings. The van der Waals surface area contributed by atoms with Crippen molar-refractivity contribution in [1.29, 1.82) is 0 Å². The third-order valence-corrected chi connectivity index (χ3v) is 3.09. The third kappa shape index (κ3) is 3.12. The van der Waals surface area contributed by atoms with Crippen molar-refractivity contribution in [1.82, 2.24) is 0 Å². The van der Waals surface area contributed by atoms with E-state index in [4.69, 9.17) is 16.0 Å². The first-order valence-corrected chi connectivity index (χ1v) is 6.07. The first-order valence-electron chi connectivity index (χ1n) is 6.57. The molecular weight excluding hydrogens is 286 g/mol. The molecule has 1 aliphatic rings. The summed E-state index contributed by atoms with van der Waals surface area (Å²) >= 11 is 0. The summed E-state index contributed by atoms with van der Waals surface area (Å²) in [4.78, 5) is 10.2. The molecule has 5 atom stereocenters. The second-order valence-electron chi connectivity index (χ2n) is 4.47. The zero-order chi connectivity index (χ0) is 16.4. The monoisotopic (exact) mass is 302 g/mol. The van der Waals surface area contributed by atoms with E-state index < -0.39 is 47.9 Å². The van der Waals surface area contributed by atoms with Crippen molar-refractivity contribution in [3.05, 3.63) is 34.4 Å². The lowest BCUT2D eigenvalue weighted by Crippen LogP contribution is -2.60. The van der Waals surface area contributed by atoms with Crippen LogP contribution in [0.15, 0.2) is 24.2 Å². The summed E-state index contributed by atoms with van der Waals surface area (Å²) in [6, 6.07) is 3.25. The number of rotatable bonds is 4. The van der Waals surface area contributed by atoms with Gasteiger partial charge in [0.2, 0.25) is 6.29 Å². The minimum absolute atomic E-state index is 0.104. The minimum atomic E-state index is -1.67. The van der Waals surface area contributed by atoms with E-state index in [1.54, 1.807) is 0 Å². The highest BCUT2D eigenvalue weighted by Gasteiger charge is 2.45. The van der Waals surface area contributed by atoms with Crippen LogP contribution in [-0.4, -0.2) is 62.7 Å². The molecule has 116 valence electrons. The van der Waals surface area contributed by atoms with E-state index in [2.05, 4.69) is 0 Å². The molecule has 0 radical (unpaired) electrons. The molecule has 1 heterocycles. The highest BCUT2D eigenvalue weighted by Crippen LogP contribution is 2.30. The van der Waals surface area contributed by atoms with Crippen LogP contribution in [0.2, 0.25) is 0 Å². The molecule has 0 amide bonds. The van der Waals surface area contributed by atoms with Gasteiger partial charge in [0.25, 0.3) is 0 Å². The van der Waals surface area contributed by atoms with Crippen molar-refractivity contribution in [2.24, 2.45) is 0 Å². The zero-order valence-electron chi connectivity index (χ0n) is 11.7. The Labute approximate surface area is 120 Å². The molecule has 0 bridgehead atoms. The van der Waals surface area contributed by atoms with E-state index in [1.807, 2.05) is 0 Å². The Morgan fingerprint density at radius 1 is 1.33 bits per heavy atom. The van der Waals surface area contributed by atoms with Crippen molar-refractivity contribution in [3.63, 3.8) is 0 Å². The van der Waals surface area contributed by atoms with E-state index in [9.17, 15) is 25.4 Å². The molecule has 0 saturated carbocycles. The van der Waals surface area contributed by atoms with Crippen molar-refractivity contribution >= 4 is 5.69 Å². The number of aliphatic hydroxyl groups is 4. The van der Waals surface area contributed by atoms with Crippen LogP contribution in [0.3, 0.4) is 0 Å². The van der Waals surface area contributed by atoms with Gasteiger partial charge >= 0.3 is 5.69 Å². The first kappa shape index (κ1) is 14.2. The van der Waals surface area contributed by atoms with E-state index in [0.29, 0.717) is 0 Å². The predicted molar refractivity (Wildman–Crippen MR) is 67.5 cm³/mol. The van der Waals surface area contributed by atoms with Crippen LogP contribution in [-0.2, 0) is 4.74 Å². The van der Waals surface area contributed by atoms with Crippen LogP contribution < -0.4 is 4.74 Å². The number of hydrogen-bond donors (Lipinski definition) is 4. The van der Waals surface area contributed by atoms with Crippen LogP contribution in [0.25, 0.3) is 0 Å². The van der Waals surface area contributed by atoms with Gasteiger partial charge < -0.3 is 29.9 Å². The van der Waals surface area contributed by atoms with Crippen molar-refractivity contribution < 1.29 is 36.2 Å². The summed E-state index contributed by atoms with van der Waals surface area (Å²) < 4.78 is 17.6. The number of para-hydroxylation sites is 2. The lowest BCUT2D eigenvalue weighted by molar-refractivity contribution is -0.387. The molecule has 1 aliphatic heterocycles. The van der Waals surface area contributed by atoms with Gasteiger partial charge in [-0.3, -0.25) is 10.1 Å². The van der Waals surface area contributed by atoms with Crippen LogP contribution in [0, 0.1) is 10.1 Å². The lowest BCUT2D eigenvalue weighted by atomic mass is 9.99. The number of aliphatic hydroxyl groups excluding tert-OH is 4. The number of nitro groups is 1. The Balaban J connectivity index is 2.24. The summed E-state index contributed by atoms with van der Waals surface area (Å²) in [5, 5.41) is 49.1. The summed E-state index contributed by atoms with van der Waals surface area (Å²) in [5.74, 6) is -0.273. The molecule has 2 rings (SSSR count). The summed E-state index contributed by atoms with van der Waals surface area (Å²) in [6.07, 6.45) is -7.58. The molecule has 9 nitrogen and oxygen atoms in total. The molecule has 4 N–H and O–H groups in total. The largest absolute Gasteiger partial charge is 0.455 e. The van der Waals surface area contributed by atoms with Gasteiger partial charge in [-0.2, -0.15) is 0 Å². The molecule has 1 unspecified atom stereocenters. The molecule has 1 aromatic carbocycles. The second-order valence-corrected chi connectivity index (χ2v) is 4.47. The van der Waals surface area contributed by atoms with E-state index in [0.717, 1.165) is 12.1 Å². The normalized spacial score (nSPS) is 33.3. The highest BCUT2D eigenvalue weighted by atomic mass is 16.7. The van der Waals surface area contributed by atoms with Gasteiger partial charge in [-0.05, 0) is 6.07 Å². The highest BCUT2D eigenvalue weighted by molar-refractivity contribution is 5.45. The predicted octanol–water partition coefficient (Wildman–Crippen LogP) is -1.23. The third-order valence-electron chi connectivity index (χ3n) is 3.09. The van der Waals surface area contributed by atoms with Crippen molar-refractivity contribution in [3.8, 4) is 5.75 Å². The number of benzene rings is 1. The maximum Gasteiger partial charge on any atom is 0.311 e. The van der Waals surface area contributed by atoms with Crippen LogP contribution in [0.5, 0.6) is 5.75 Å². The molecule has 0 spiro atoms. The average molecular weight is 302 g/mol. The number of nitro benzene ring substituents is 1. The van der Waals surface area contributed by atoms with E-state index in [1.165, 1.54) is 6.07 Å². The van der Waals surface area contributed by atoms with Crippen LogP contribution in [0.4, 0.5) is 5.69 Å². The molecule has 1 saturated heterocycles. The van der Waals surface area contributed by atoms with Gasteiger partial charge in [-0.1, -0.05) is 12.1 Å². The molecule has 1 aromatic rings. The van der Waals surface area contributed by atoms with Gasteiger partial charge in [-0.25, -0.2) is 0 Å². The SMILES string of the molecule is [2H]c1ccc(OC2O[C@H](CO)[C@H](O)[C@H](O)[C@H]2O)c([N+](=O)[O-])c1. The smallest absolute Gasteiger partial charge is 0.311 e. The van der Waals surface area contributed by atoms with Crippen LogP contribution >= 0.6 is 0 Å². The zero-order valence-corrected chi connectivity index (χ0v) is 10.7. The maximum atomic E-state index is 10.9.